The van der Waals surface area contributed by atoms with Gasteiger partial charge in [0.25, 0.3) is 0 Å². The van der Waals surface area contributed by atoms with Crippen LogP contribution >= 0.6 is 0 Å². The number of fused-ring (bicyclic) bond motifs is 1. The Morgan fingerprint density at radius 1 is 1.41 bits per heavy atom. The number of nitrogens with zero attached hydrogens (tertiary/aromatic N) is 1. The maximum atomic E-state index is 13.1. The molecule has 0 bridgehead atoms. The van der Waals surface area contributed by atoms with Crippen LogP contribution in [0.25, 0.3) is 0 Å². The number of hydrogen-bond donors (Lipinski definition) is 2. The molecule has 1 aliphatic carbocycles. The Labute approximate surface area is 99.1 Å². The zero-order valence-electron chi connectivity index (χ0n) is 9.41. The number of benzene rings is 1. The zero-order valence-corrected chi connectivity index (χ0v) is 9.41. The first-order valence-electron chi connectivity index (χ1n) is 5.83. The van der Waals surface area contributed by atoms with Crippen molar-refractivity contribution in [3.05, 3.63) is 53.1 Å². The molecule has 1 atom stereocenters. The van der Waals surface area contributed by atoms with Crippen LogP contribution in [-0.2, 0) is 13.0 Å². The maximum Gasteiger partial charge on any atom is 0.123 e. The van der Waals surface area contributed by atoms with Crippen molar-refractivity contribution in [2.24, 2.45) is 0 Å². The minimum Gasteiger partial charge on any atom is -0.304 e. The molecule has 2 aromatic rings. The van der Waals surface area contributed by atoms with Crippen molar-refractivity contribution in [2.45, 2.75) is 25.4 Å². The highest BCUT2D eigenvalue weighted by atomic mass is 19.1. The highest BCUT2D eigenvalue weighted by Gasteiger charge is 2.22. The van der Waals surface area contributed by atoms with Crippen molar-refractivity contribution >= 4 is 0 Å². The molecule has 1 heterocycles. The van der Waals surface area contributed by atoms with E-state index in [9.17, 15) is 4.39 Å². The van der Waals surface area contributed by atoms with Gasteiger partial charge in [-0.15, -0.1) is 0 Å². The first kappa shape index (κ1) is 10.5. The van der Waals surface area contributed by atoms with Crippen LogP contribution in [0.3, 0.4) is 0 Å². The summed E-state index contributed by atoms with van der Waals surface area (Å²) in [5.74, 6) is -0.141. The lowest BCUT2D eigenvalue weighted by Gasteiger charge is -2.13. The third-order valence-corrected chi connectivity index (χ3v) is 3.28. The van der Waals surface area contributed by atoms with Crippen LogP contribution in [-0.4, -0.2) is 10.2 Å². The number of nitrogens with one attached hydrogen (secondary N) is 2. The maximum absolute atomic E-state index is 13.1. The predicted octanol–water partition coefficient (Wildman–Crippen LogP) is 2.33. The molecule has 1 aromatic heterocycles. The standard InChI is InChI=1S/C13H14FN3/c14-10-2-3-12-9(7-10)1-4-13(12)15-8-11-5-6-16-17-11/h2-3,5-7,13,15H,1,4,8H2,(H,16,17). The lowest BCUT2D eigenvalue weighted by atomic mass is 10.1. The second-order valence-electron chi connectivity index (χ2n) is 4.40. The van der Waals surface area contributed by atoms with Gasteiger partial charge in [-0.2, -0.15) is 5.10 Å². The second-order valence-corrected chi connectivity index (χ2v) is 4.40. The van der Waals surface area contributed by atoms with E-state index in [1.165, 1.54) is 11.6 Å². The van der Waals surface area contributed by atoms with E-state index in [4.69, 9.17) is 0 Å². The van der Waals surface area contributed by atoms with Gasteiger partial charge in [-0.3, -0.25) is 5.10 Å². The number of aromatic nitrogens is 2. The summed E-state index contributed by atoms with van der Waals surface area (Å²) in [4.78, 5) is 0. The van der Waals surface area contributed by atoms with Crippen molar-refractivity contribution in [1.82, 2.24) is 15.5 Å². The molecular weight excluding hydrogens is 217 g/mol. The van der Waals surface area contributed by atoms with Gasteiger partial charge in [0.15, 0.2) is 0 Å². The van der Waals surface area contributed by atoms with Crippen LogP contribution in [0.1, 0.15) is 29.3 Å². The average molecular weight is 231 g/mol. The molecule has 3 rings (SSSR count). The number of halogens is 1. The summed E-state index contributed by atoms with van der Waals surface area (Å²) in [6, 6.07) is 7.35. The quantitative estimate of drug-likeness (QED) is 0.851. The van der Waals surface area contributed by atoms with Crippen LogP contribution in [0.15, 0.2) is 30.5 Å². The minimum atomic E-state index is -0.141. The Morgan fingerprint density at radius 2 is 2.35 bits per heavy atom. The van der Waals surface area contributed by atoms with E-state index in [1.54, 1.807) is 12.3 Å². The molecule has 0 amide bonds. The molecule has 3 nitrogen and oxygen atoms in total. The molecule has 1 aromatic carbocycles. The van der Waals surface area contributed by atoms with Gasteiger partial charge in [-0.05, 0) is 42.2 Å². The van der Waals surface area contributed by atoms with E-state index in [2.05, 4.69) is 15.5 Å². The summed E-state index contributed by atoms with van der Waals surface area (Å²) < 4.78 is 13.1. The number of aryl methyl sites for hydroxylation is 1. The lowest BCUT2D eigenvalue weighted by Crippen LogP contribution is -2.18. The van der Waals surface area contributed by atoms with E-state index in [0.717, 1.165) is 30.6 Å². The van der Waals surface area contributed by atoms with Gasteiger partial charge in [0, 0.05) is 24.5 Å². The van der Waals surface area contributed by atoms with Gasteiger partial charge in [0.2, 0.25) is 0 Å². The fraction of sp³-hybridized carbons (Fsp3) is 0.308. The lowest BCUT2D eigenvalue weighted by molar-refractivity contribution is 0.524. The molecule has 0 saturated carbocycles. The molecular formula is C13H14FN3. The summed E-state index contributed by atoms with van der Waals surface area (Å²) in [6.07, 6.45) is 3.73. The second kappa shape index (κ2) is 4.30. The Kier molecular flexibility index (Phi) is 2.65. The van der Waals surface area contributed by atoms with Crippen LogP contribution in [0.4, 0.5) is 4.39 Å². The minimum absolute atomic E-state index is 0.141. The molecule has 0 fully saturated rings. The Hall–Kier alpha value is -1.68. The van der Waals surface area contributed by atoms with Crippen LogP contribution in [0, 0.1) is 5.82 Å². The fourth-order valence-electron chi connectivity index (χ4n) is 2.41. The monoisotopic (exact) mass is 231 g/mol. The van der Waals surface area contributed by atoms with Crippen molar-refractivity contribution < 1.29 is 4.39 Å². The summed E-state index contributed by atoms with van der Waals surface area (Å²) in [5, 5.41) is 10.3. The van der Waals surface area contributed by atoms with E-state index >= 15 is 0 Å². The topological polar surface area (TPSA) is 40.7 Å². The first-order chi connectivity index (χ1) is 8.33. The summed E-state index contributed by atoms with van der Waals surface area (Å²) in [6.45, 7) is 0.765. The number of aromatic amines is 1. The molecule has 1 aliphatic rings. The van der Waals surface area contributed by atoms with Gasteiger partial charge >= 0.3 is 0 Å². The third-order valence-electron chi connectivity index (χ3n) is 3.28. The Bertz CT molecular complexity index is 507. The van der Waals surface area contributed by atoms with E-state index < -0.39 is 0 Å². The van der Waals surface area contributed by atoms with Crippen molar-refractivity contribution in [3.63, 3.8) is 0 Å². The van der Waals surface area contributed by atoms with Gasteiger partial charge in [-0.25, -0.2) is 4.39 Å². The molecule has 0 saturated heterocycles. The molecule has 0 radical (unpaired) electrons. The Balaban J connectivity index is 1.71. The summed E-state index contributed by atoms with van der Waals surface area (Å²) in [5.41, 5.74) is 3.43. The van der Waals surface area contributed by atoms with Gasteiger partial charge < -0.3 is 5.32 Å². The van der Waals surface area contributed by atoms with Crippen molar-refractivity contribution in [1.29, 1.82) is 0 Å². The molecule has 2 N–H and O–H groups in total. The molecule has 4 heteroatoms. The summed E-state index contributed by atoms with van der Waals surface area (Å²) in [7, 11) is 0. The first-order valence-corrected chi connectivity index (χ1v) is 5.83. The highest BCUT2D eigenvalue weighted by molar-refractivity contribution is 5.34. The Morgan fingerprint density at radius 3 is 3.18 bits per heavy atom. The number of hydrogen-bond acceptors (Lipinski definition) is 2. The summed E-state index contributed by atoms with van der Waals surface area (Å²) >= 11 is 0. The molecule has 88 valence electrons. The highest BCUT2D eigenvalue weighted by Crippen LogP contribution is 2.31. The molecule has 17 heavy (non-hydrogen) atoms. The third kappa shape index (κ3) is 2.08. The fourth-order valence-corrected chi connectivity index (χ4v) is 2.41. The number of rotatable bonds is 3. The van der Waals surface area contributed by atoms with E-state index in [1.807, 2.05) is 12.1 Å². The predicted molar refractivity (Wildman–Crippen MR) is 62.9 cm³/mol. The van der Waals surface area contributed by atoms with Gasteiger partial charge in [0.05, 0.1) is 0 Å². The van der Waals surface area contributed by atoms with Crippen molar-refractivity contribution in [3.8, 4) is 0 Å². The van der Waals surface area contributed by atoms with Crippen LogP contribution in [0.2, 0.25) is 0 Å². The average Bonchev–Trinajstić information content (AvgIpc) is 2.94. The van der Waals surface area contributed by atoms with E-state index in [-0.39, 0.29) is 5.82 Å². The van der Waals surface area contributed by atoms with Gasteiger partial charge in [0.1, 0.15) is 5.82 Å². The SMILES string of the molecule is Fc1ccc2c(c1)CCC2NCc1ccn[nH]1. The largest absolute Gasteiger partial charge is 0.304 e. The zero-order chi connectivity index (χ0) is 11.7. The van der Waals surface area contributed by atoms with E-state index in [0.29, 0.717) is 6.04 Å². The molecule has 0 aliphatic heterocycles. The smallest absolute Gasteiger partial charge is 0.123 e. The van der Waals surface area contributed by atoms with Crippen LogP contribution in [0.5, 0.6) is 0 Å². The van der Waals surface area contributed by atoms with Gasteiger partial charge in [-0.1, -0.05) is 6.07 Å². The van der Waals surface area contributed by atoms with Crippen molar-refractivity contribution in [2.75, 3.05) is 0 Å². The normalized spacial score (nSPS) is 18.3. The molecule has 0 spiro atoms. The number of H-pyrrole nitrogens is 1. The molecule has 1 unspecified atom stereocenters. The van der Waals surface area contributed by atoms with Crippen LogP contribution < -0.4 is 5.32 Å².